The molecule has 4 rings (SSSR count). The highest BCUT2D eigenvalue weighted by molar-refractivity contribution is 5.69. The summed E-state index contributed by atoms with van der Waals surface area (Å²) in [6, 6.07) is 0.552. The van der Waals surface area contributed by atoms with Crippen LogP contribution in [0.4, 0.5) is 4.79 Å². The number of nitrogens with zero attached hydrogens (tertiary/aromatic N) is 4. The van der Waals surface area contributed by atoms with Gasteiger partial charge in [-0.15, -0.1) is 10.2 Å². The lowest BCUT2D eigenvalue weighted by Gasteiger charge is -2.41. The Balaban J connectivity index is 1.44. The summed E-state index contributed by atoms with van der Waals surface area (Å²) in [5, 5.41) is 8.49. The van der Waals surface area contributed by atoms with Gasteiger partial charge in [0.2, 0.25) is 11.8 Å². The normalized spacial score (nSPS) is 27.1. The van der Waals surface area contributed by atoms with E-state index in [1.807, 2.05) is 25.7 Å². The number of ether oxygens (including phenoxy) is 1. The van der Waals surface area contributed by atoms with Crippen molar-refractivity contribution in [2.75, 3.05) is 13.1 Å². The average molecular weight is 377 g/mol. The van der Waals surface area contributed by atoms with Gasteiger partial charge in [-0.05, 0) is 65.8 Å². The summed E-state index contributed by atoms with van der Waals surface area (Å²) in [5.74, 6) is 2.00. The van der Waals surface area contributed by atoms with Crippen molar-refractivity contribution in [2.45, 2.75) is 95.9 Å². The maximum Gasteiger partial charge on any atom is 0.410 e. The summed E-state index contributed by atoms with van der Waals surface area (Å²) in [5.41, 5.74) is -0.459. The molecule has 1 saturated carbocycles. The molecule has 2 saturated heterocycles. The van der Waals surface area contributed by atoms with Crippen LogP contribution in [0.25, 0.3) is 0 Å². The molecule has 1 aromatic heterocycles. The van der Waals surface area contributed by atoms with Crippen molar-refractivity contribution in [2.24, 2.45) is 0 Å². The predicted octanol–water partition coefficient (Wildman–Crippen LogP) is 3.70. The summed E-state index contributed by atoms with van der Waals surface area (Å²) in [4.78, 5) is 17.1. The molecule has 2 atom stereocenters. The maximum atomic E-state index is 12.7. The van der Waals surface area contributed by atoms with Crippen LogP contribution in [0.5, 0.6) is 0 Å². The van der Waals surface area contributed by atoms with Crippen LogP contribution in [0.15, 0.2) is 4.42 Å². The molecule has 0 bridgehead atoms. The SMILES string of the molecule is CC(C)(C)OC(=O)N1CCC[C@@H]1[C@@H]1CCCCN1Cc1nnc(C2CC2)o1. The van der Waals surface area contributed by atoms with E-state index in [0.717, 1.165) is 38.2 Å². The lowest BCUT2D eigenvalue weighted by atomic mass is 9.94. The Bertz CT molecular complexity index is 664. The maximum absolute atomic E-state index is 12.7. The number of hydrogen-bond donors (Lipinski definition) is 0. The highest BCUT2D eigenvalue weighted by atomic mass is 16.6. The van der Waals surface area contributed by atoms with E-state index in [1.54, 1.807) is 0 Å². The standard InChI is InChI=1S/C20H32N4O3/c1-20(2,3)27-19(25)24-12-6-8-16(24)15-7-4-5-11-23(15)13-17-21-22-18(26-17)14-9-10-14/h14-16H,4-13H2,1-3H3/t15-,16+/m0/s1. The molecule has 7 heteroatoms. The molecule has 0 radical (unpaired) electrons. The molecule has 0 unspecified atom stereocenters. The molecule has 0 spiro atoms. The van der Waals surface area contributed by atoms with E-state index in [-0.39, 0.29) is 12.1 Å². The molecule has 0 N–H and O–H groups in total. The van der Waals surface area contributed by atoms with Gasteiger partial charge >= 0.3 is 6.09 Å². The molecule has 7 nitrogen and oxygen atoms in total. The molecule has 1 aromatic rings. The van der Waals surface area contributed by atoms with Gasteiger partial charge in [0, 0.05) is 18.5 Å². The fourth-order valence-corrected chi connectivity index (χ4v) is 4.39. The van der Waals surface area contributed by atoms with Crippen LogP contribution in [0.2, 0.25) is 0 Å². The molecule has 150 valence electrons. The summed E-state index contributed by atoms with van der Waals surface area (Å²) in [7, 11) is 0. The van der Waals surface area contributed by atoms with E-state index in [4.69, 9.17) is 9.15 Å². The Morgan fingerprint density at radius 3 is 2.59 bits per heavy atom. The second kappa shape index (κ2) is 7.41. The van der Waals surface area contributed by atoms with Gasteiger partial charge in [0.15, 0.2) is 0 Å². The lowest BCUT2D eigenvalue weighted by molar-refractivity contribution is 0.00534. The number of aromatic nitrogens is 2. The van der Waals surface area contributed by atoms with E-state index in [9.17, 15) is 4.79 Å². The van der Waals surface area contributed by atoms with E-state index in [1.165, 1.54) is 25.7 Å². The number of likely N-dealkylation sites (tertiary alicyclic amines) is 2. The van der Waals surface area contributed by atoms with E-state index in [2.05, 4.69) is 15.1 Å². The van der Waals surface area contributed by atoms with Gasteiger partial charge in [0.05, 0.1) is 12.6 Å². The summed E-state index contributed by atoms with van der Waals surface area (Å²) >= 11 is 0. The highest BCUT2D eigenvalue weighted by Crippen LogP contribution is 2.39. The number of amides is 1. The van der Waals surface area contributed by atoms with Gasteiger partial charge in [-0.2, -0.15) is 0 Å². The van der Waals surface area contributed by atoms with Gasteiger partial charge in [-0.1, -0.05) is 6.42 Å². The minimum Gasteiger partial charge on any atom is -0.444 e. The third-order valence-electron chi connectivity index (χ3n) is 5.78. The fraction of sp³-hybridized carbons (Fsp3) is 0.850. The zero-order chi connectivity index (χ0) is 19.0. The first kappa shape index (κ1) is 18.7. The van der Waals surface area contributed by atoms with Crippen molar-refractivity contribution >= 4 is 6.09 Å². The molecular weight excluding hydrogens is 344 g/mol. The first-order valence-electron chi connectivity index (χ1n) is 10.5. The molecular formula is C20H32N4O3. The second-order valence-corrected chi connectivity index (χ2v) is 9.23. The topological polar surface area (TPSA) is 71.7 Å². The van der Waals surface area contributed by atoms with Crippen LogP contribution in [-0.2, 0) is 11.3 Å². The van der Waals surface area contributed by atoms with Crippen molar-refractivity contribution in [3.63, 3.8) is 0 Å². The molecule has 27 heavy (non-hydrogen) atoms. The first-order chi connectivity index (χ1) is 12.9. The Morgan fingerprint density at radius 2 is 1.85 bits per heavy atom. The number of rotatable bonds is 4. The van der Waals surface area contributed by atoms with Gasteiger partial charge in [0.25, 0.3) is 0 Å². The molecule has 1 amide bonds. The van der Waals surface area contributed by atoms with Gasteiger partial charge in [0.1, 0.15) is 5.60 Å². The Hall–Kier alpha value is -1.63. The van der Waals surface area contributed by atoms with Crippen LogP contribution in [0, 0.1) is 0 Å². The zero-order valence-electron chi connectivity index (χ0n) is 16.8. The molecule has 1 aliphatic carbocycles. The van der Waals surface area contributed by atoms with E-state index >= 15 is 0 Å². The Morgan fingerprint density at radius 1 is 1.07 bits per heavy atom. The third kappa shape index (κ3) is 4.45. The molecule has 0 aromatic carbocycles. The van der Waals surface area contributed by atoms with Crippen molar-refractivity contribution in [1.82, 2.24) is 20.0 Å². The molecule has 3 fully saturated rings. The largest absolute Gasteiger partial charge is 0.444 e. The smallest absolute Gasteiger partial charge is 0.410 e. The fourth-order valence-electron chi connectivity index (χ4n) is 4.39. The van der Waals surface area contributed by atoms with E-state index < -0.39 is 5.60 Å². The van der Waals surface area contributed by atoms with E-state index in [0.29, 0.717) is 24.4 Å². The highest BCUT2D eigenvalue weighted by Gasteiger charge is 2.40. The summed E-state index contributed by atoms with van der Waals surface area (Å²) in [6.45, 7) is 8.27. The minimum atomic E-state index is -0.459. The Kier molecular flexibility index (Phi) is 5.14. The van der Waals surface area contributed by atoms with Crippen molar-refractivity contribution < 1.29 is 13.9 Å². The summed E-state index contributed by atoms with van der Waals surface area (Å²) in [6.07, 6.45) is 7.73. The number of hydrogen-bond acceptors (Lipinski definition) is 6. The van der Waals surface area contributed by atoms with Crippen LogP contribution in [0.3, 0.4) is 0 Å². The Labute approximate surface area is 161 Å². The first-order valence-corrected chi connectivity index (χ1v) is 10.5. The predicted molar refractivity (Wildman–Crippen MR) is 100 cm³/mol. The number of piperidine rings is 1. The number of carbonyl (C=O) groups excluding carboxylic acids is 1. The van der Waals surface area contributed by atoms with Crippen LogP contribution in [0.1, 0.15) is 83.4 Å². The number of carbonyl (C=O) groups is 1. The van der Waals surface area contributed by atoms with Gasteiger partial charge in [-0.3, -0.25) is 4.90 Å². The van der Waals surface area contributed by atoms with Crippen molar-refractivity contribution in [3.8, 4) is 0 Å². The monoisotopic (exact) mass is 376 g/mol. The van der Waals surface area contributed by atoms with Crippen LogP contribution in [-0.4, -0.2) is 56.9 Å². The zero-order valence-corrected chi connectivity index (χ0v) is 16.8. The minimum absolute atomic E-state index is 0.177. The van der Waals surface area contributed by atoms with Gasteiger partial charge in [-0.25, -0.2) is 4.79 Å². The third-order valence-corrected chi connectivity index (χ3v) is 5.78. The van der Waals surface area contributed by atoms with Gasteiger partial charge < -0.3 is 14.1 Å². The van der Waals surface area contributed by atoms with Crippen molar-refractivity contribution in [3.05, 3.63) is 11.8 Å². The second-order valence-electron chi connectivity index (χ2n) is 9.23. The molecule has 3 heterocycles. The quantitative estimate of drug-likeness (QED) is 0.798. The average Bonchev–Trinajstić information content (AvgIpc) is 3.15. The van der Waals surface area contributed by atoms with Crippen LogP contribution >= 0.6 is 0 Å². The summed E-state index contributed by atoms with van der Waals surface area (Å²) < 4.78 is 11.6. The van der Waals surface area contributed by atoms with Crippen molar-refractivity contribution in [1.29, 1.82) is 0 Å². The van der Waals surface area contributed by atoms with Crippen LogP contribution < -0.4 is 0 Å². The lowest BCUT2D eigenvalue weighted by Crippen LogP contribution is -2.53. The molecule has 2 aliphatic heterocycles. The molecule has 3 aliphatic rings.